The van der Waals surface area contributed by atoms with Crippen molar-refractivity contribution in [3.63, 3.8) is 0 Å². The highest BCUT2D eigenvalue weighted by molar-refractivity contribution is 6.39. The Bertz CT molecular complexity index is 1110. The van der Waals surface area contributed by atoms with Gasteiger partial charge in [-0.1, -0.05) is 54.6 Å². The number of hydrogen-bond acceptors (Lipinski definition) is 5. The molecule has 0 bridgehead atoms. The average Bonchev–Trinajstić information content (AvgIpc) is 2.86. The Morgan fingerprint density at radius 2 is 1.70 bits per heavy atom. The highest BCUT2D eigenvalue weighted by Crippen LogP contribution is 2.29. The second kappa shape index (κ2) is 10.9. The molecule has 172 valence electrons. The van der Waals surface area contributed by atoms with Crippen molar-refractivity contribution in [3.8, 4) is 5.75 Å². The van der Waals surface area contributed by atoms with E-state index in [0.717, 1.165) is 29.4 Å². The molecule has 0 radical (unpaired) electrons. The van der Waals surface area contributed by atoms with Crippen molar-refractivity contribution in [1.29, 1.82) is 0 Å². The summed E-state index contributed by atoms with van der Waals surface area (Å²) < 4.78 is 11.1. The quantitative estimate of drug-likeness (QED) is 0.543. The summed E-state index contributed by atoms with van der Waals surface area (Å²) in [5.41, 5.74) is 1.59. The van der Waals surface area contributed by atoms with E-state index in [4.69, 9.17) is 9.47 Å². The second-order valence-corrected chi connectivity index (χ2v) is 7.83. The van der Waals surface area contributed by atoms with E-state index in [2.05, 4.69) is 39.8 Å². The zero-order valence-electron chi connectivity index (χ0n) is 18.8. The van der Waals surface area contributed by atoms with Crippen LogP contribution in [0.5, 0.6) is 5.75 Å². The molecule has 3 aromatic carbocycles. The van der Waals surface area contributed by atoms with Crippen LogP contribution in [0.1, 0.15) is 18.5 Å². The Hall–Kier alpha value is -3.42. The normalized spacial score (nSPS) is 15.1. The minimum absolute atomic E-state index is 0.0764. The largest absolute Gasteiger partial charge is 0.492 e. The number of carbonyl (C=O) groups excluding carboxylic acids is 2. The molecule has 0 aliphatic carbocycles. The Morgan fingerprint density at radius 3 is 2.52 bits per heavy atom. The summed E-state index contributed by atoms with van der Waals surface area (Å²) >= 11 is 0. The van der Waals surface area contributed by atoms with Crippen LogP contribution in [0.2, 0.25) is 0 Å². The molecule has 7 heteroatoms. The highest BCUT2D eigenvalue weighted by Gasteiger charge is 2.26. The fourth-order valence-corrected chi connectivity index (χ4v) is 4.17. The van der Waals surface area contributed by atoms with Crippen LogP contribution in [0.15, 0.2) is 66.7 Å². The second-order valence-electron chi connectivity index (χ2n) is 7.83. The summed E-state index contributed by atoms with van der Waals surface area (Å²) in [6.45, 7) is 5.45. The van der Waals surface area contributed by atoms with E-state index in [0.29, 0.717) is 37.8 Å². The summed E-state index contributed by atoms with van der Waals surface area (Å²) in [5, 5.41) is 7.78. The average molecular weight is 448 g/mol. The SMILES string of the molecule is CCOc1ccccc1NC(=O)C(=O)NCC(c1cccc2ccccc12)N1CCOCC1. The van der Waals surface area contributed by atoms with Gasteiger partial charge < -0.3 is 20.1 Å². The molecule has 1 aliphatic rings. The number of benzene rings is 3. The number of hydrogen-bond donors (Lipinski definition) is 2. The number of morpholine rings is 1. The maximum Gasteiger partial charge on any atom is 0.313 e. The number of nitrogens with zero attached hydrogens (tertiary/aromatic N) is 1. The number of ether oxygens (including phenoxy) is 2. The number of para-hydroxylation sites is 2. The first-order chi connectivity index (χ1) is 16.2. The van der Waals surface area contributed by atoms with Gasteiger partial charge in [0.05, 0.1) is 31.5 Å². The van der Waals surface area contributed by atoms with Gasteiger partial charge in [0, 0.05) is 19.6 Å². The molecule has 0 spiro atoms. The van der Waals surface area contributed by atoms with Crippen molar-refractivity contribution in [2.45, 2.75) is 13.0 Å². The van der Waals surface area contributed by atoms with Crippen LogP contribution in [-0.2, 0) is 14.3 Å². The van der Waals surface area contributed by atoms with Gasteiger partial charge in [0.25, 0.3) is 0 Å². The zero-order chi connectivity index (χ0) is 23.0. The minimum atomic E-state index is -0.721. The maximum absolute atomic E-state index is 12.7. The van der Waals surface area contributed by atoms with E-state index in [9.17, 15) is 9.59 Å². The molecule has 1 aliphatic heterocycles. The van der Waals surface area contributed by atoms with Gasteiger partial charge in [0.1, 0.15) is 5.75 Å². The van der Waals surface area contributed by atoms with Crippen LogP contribution in [-0.4, -0.2) is 56.2 Å². The van der Waals surface area contributed by atoms with Crippen molar-refractivity contribution in [2.24, 2.45) is 0 Å². The Morgan fingerprint density at radius 1 is 0.970 bits per heavy atom. The molecule has 2 N–H and O–H groups in total. The molecule has 0 aromatic heterocycles. The molecule has 33 heavy (non-hydrogen) atoms. The van der Waals surface area contributed by atoms with Crippen molar-refractivity contribution >= 4 is 28.3 Å². The fraction of sp³-hybridized carbons (Fsp3) is 0.308. The number of carbonyl (C=O) groups is 2. The Kier molecular flexibility index (Phi) is 7.55. The van der Waals surface area contributed by atoms with Crippen molar-refractivity contribution < 1.29 is 19.1 Å². The number of rotatable bonds is 7. The molecule has 1 heterocycles. The number of nitrogens with one attached hydrogen (secondary N) is 2. The lowest BCUT2D eigenvalue weighted by Crippen LogP contribution is -2.45. The smallest absolute Gasteiger partial charge is 0.313 e. The number of amides is 2. The van der Waals surface area contributed by atoms with Crippen LogP contribution >= 0.6 is 0 Å². The molecule has 3 aromatic rings. The van der Waals surface area contributed by atoms with Gasteiger partial charge in [-0.2, -0.15) is 0 Å². The third-order valence-corrected chi connectivity index (χ3v) is 5.77. The molecule has 0 saturated carbocycles. The van der Waals surface area contributed by atoms with Crippen molar-refractivity contribution in [3.05, 3.63) is 72.3 Å². The molecular formula is C26H29N3O4. The van der Waals surface area contributed by atoms with E-state index >= 15 is 0 Å². The Labute approximate surface area is 193 Å². The molecule has 1 atom stereocenters. The maximum atomic E-state index is 12.7. The summed E-state index contributed by atoms with van der Waals surface area (Å²) in [6.07, 6.45) is 0. The van der Waals surface area contributed by atoms with E-state index < -0.39 is 11.8 Å². The van der Waals surface area contributed by atoms with E-state index in [1.54, 1.807) is 18.2 Å². The summed E-state index contributed by atoms with van der Waals surface area (Å²) in [5.74, 6) is -0.872. The topological polar surface area (TPSA) is 79.9 Å². The summed E-state index contributed by atoms with van der Waals surface area (Å²) in [4.78, 5) is 27.6. The highest BCUT2D eigenvalue weighted by atomic mass is 16.5. The van der Waals surface area contributed by atoms with Crippen LogP contribution < -0.4 is 15.4 Å². The monoisotopic (exact) mass is 447 g/mol. The molecule has 7 nitrogen and oxygen atoms in total. The first-order valence-electron chi connectivity index (χ1n) is 11.3. The molecular weight excluding hydrogens is 418 g/mol. The van der Waals surface area contributed by atoms with Crippen molar-refractivity contribution in [2.75, 3.05) is 44.8 Å². The predicted molar refractivity (Wildman–Crippen MR) is 128 cm³/mol. The third-order valence-electron chi connectivity index (χ3n) is 5.77. The van der Waals surface area contributed by atoms with Gasteiger partial charge in [-0.25, -0.2) is 0 Å². The van der Waals surface area contributed by atoms with Crippen LogP contribution in [0.3, 0.4) is 0 Å². The number of anilines is 1. The van der Waals surface area contributed by atoms with Crippen LogP contribution in [0.25, 0.3) is 10.8 Å². The first-order valence-corrected chi connectivity index (χ1v) is 11.3. The van der Waals surface area contributed by atoms with Gasteiger partial charge >= 0.3 is 11.8 Å². The minimum Gasteiger partial charge on any atom is -0.492 e. The molecule has 1 unspecified atom stereocenters. The predicted octanol–water partition coefficient (Wildman–Crippen LogP) is 3.37. The molecule has 1 saturated heterocycles. The number of fused-ring (bicyclic) bond motifs is 1. The first kappa shape index (κ1) is 22.8. The van der Waals surface area contributed by atoms with Gasteiger partial charge in [0.15, 0.2) is 0 Å². The van der Waals surface area contributed by atoms with Crippen LogP contribution in [0, 0.1) is 0 Å². The molecule has 2 amide bonds. The van der Waals surface area contributed by atoms with Gasteiger partial charge in [-0.05, 0) is 35.4 Å². The lowest BCUT2D eigenvalue weighted by Gasteiger charge is -2.35. The van der Waals surface area contributed by atoms with E-state index in [-0.39, 0.29) is 6.04 Å². The van der Waals surface area contributed by atoms with E-state index in [1.807, 2.05) is 31.2 Å². The summed E-state index contributed by atoms with van der Waals surface area (Å²) in [7, 11) is 0. The lowest BCUT2D eigenvalue weighted by atomic mass is 9.97. The zero-order valence-corrected chi connectivity index (χ0v) is 18.8. The lowest BCUT2D eigenvalue weighted by molar-refractivity contribution is -0.136. The third kappa shape index (κ3) is 5.50. The Balaban J connectivity index is 1.50. The van der Waals surface area contributed by atoms with E-state index in [1.165, 1.54) is 0 Å². The van der Waals surface area contributed by atoms with Gasteiger partial charge in [0.2, 0.25) is 0 Å². The fourth-order valence-electron chi connectivity index (χ4n) is 4.17. The standard InChI is InChI=1S/C26H29N3O4/c1-2-33-24-13-6-5-12-22(24)28-26(31)25(30)27-18-23(29-14-16-32-17-15-29)21-11-7-9-19-8-3-4-10-20(19)21/h3-13,23H,2,14-18H2,1H3,(H,27,30)(H,28,31). The van der Waals surface area contributed by atoms with Gasteiger partial charge in [-0.3, -0.25) is 14.5 Å². The van der Waals surface area contributed by atoms with Crippen molar-refractivity contribution in [1.82, 2.24) is 10.2 Å². The van der Waals surface area contributed by atoms with Crippen LogP contribution in [0.4, 0.5) is 5.69 Å². The molecule has 4 rings (SSSR count). The molecule has 1 fully saturated rings. The van der Waals surface area contributed by atoms with Gasteiger partial charge in [-0.15, -0.1) is 0 Å². The summed E-state index contributed by atoms with van der Waals surface area (Å²) in [6, 6.07) is 21.4.